The second kappa shape index (κ2) is 7.27. The van der Waals surface area contributed by atoms with Crippen molar-refractivity contribution in [1.29, 1.82) is 0 Å². The Hall–Kier alpha value is -2.34. The monoisotopic (exact) mass is 346 g/mol. The van der Waals surface area contributed by atoms with E-state index < -0.39 is 17.7 Å². The lowest BCUT2D eigenvalue weighted by atomic mass is 10.0. The first-order valence-corrected chi connectivity index (χ1v) is 8.27. The SMILES string of the molecule is CNC(Cc1c(C)n(C(=O)OC(C)(C)C)c2ccccc12)C(=O)OC. The van der Waals surface area contributed by atoms with Crippen molar-refractivity contribution in [1.82, 2.24) is 9.88 Å². The molecule has 0 aliphatic rings. The third kappa shape index (κ3) is 4.02. The number of likely N-dealkylation sites (N-methyl/N-ethyl adjacent to an activating group) is 1. The molecule has 0 aliphatic carbocycles. The van der Waals surface area contributed by atoms with Crippen LogP contribution in [0.4, 0.5) is 4.79 Å². The van der Waals surface area contributed by atoms with Crippen LogP contribution in [-0.4, -0.2) is 42.4 Å². The Balaban J connectivity index is 2.54. The Bertz CT molecular complexity index is 787. The fraction of sp³-hybridized carbons (Fsp3) is 0.474. The number of aromatic nitrogens is 1. The van der Waals surface area contributed by atoms with E-state index >= 15 is 0 Å². The van der Waals surface area contributed by atoms with Crippen molar-refractivity contribution in [2.45, 2.75) is 45.8 Å². The minimum atomic E-state index is -0.589. The van der Waals surface area contributed by atoms with E-state index in [2.05, 4.69) is 5.32 Å². The summed E-state index contributed by atoms with van der Waals surface area (Å²) in [5.41, 5.74) is 1.86. The summed E-state index contributed by atoms with van der Waals surface area (Å²) in [4.78, 5) is 24.6. The molecule has 0 spiro atoms. The fourth-order valence-corrected chi connectivity index (χ4v) is 2.88. The lowest BCUT2D eigenvalue weighted by Crippen LogP contribution is -2.37. The number of fused-ring (bicyclic) bond motifs is 1. The maximum Gasteiger partial charge on any atom is 0.419 e. The first-order chi connectivity index (χ1) is 11.7. The Morgan fingerprint density at radius 1 is 1.24 bits per heavy atom. The third-order valence-electron chi connectivity index (χ3n) is 4.06. The van der Waals surface area contributed by atoms with E-state index in [0.29, 0.717) is 6.42 Å². The highest BCUT2D eigenvalue weighted by Crippen LogP contribution is 2.28. The number of ether oxygens (including phenoxy) is 2. The zero-order valence-electron chi connectivity index (χ0n) is 15.7. The van der Waals surface area contributed by atoms with Gasteiger partial charge in [0.05, 0.1) is 12.6 Å². The molecule has 2 rings (SSSR count). The van der Waals surface area contributed by atoms with Crippen LogP contribution in [0, 0.1) is 6.92 Å². The van der Waals surface area contributed by atoms with Crippen molar-refractivity contribution in [3.8, 4) is 0 Å². The molecule has 2 aromatic rings. The molecule has 1 N–H and O–H groups in total. The summed E-state index contributed by atoms with van der Waals surface area (Å²) < 4.78 is 12.0. The molecular weight excluding hydrogens is 320 g/mol. The third-order valence-corrected chi connectivity index (χ3v) is 4.06. The summed E-state index contributed by atoms with van der Waals surface area (Å²) in [6, 6.07) is 7.13. The summed E-state index contributed by atoms with van der Waals surface area (Å²) >= 11 is 0. The van der Waals surface area contributed by atoms with Gasteiger partial charge in [-0.3, -0.25) is 4.79 Å². The molecule has 0 bridgehead atoms. The van der Waals surface area contributed by atoms with Gasteiger partial charge in [-0.2, -0.15) is 0 Å². The van der Waals surface area contributed by atoms with Crippen molar-refractivity contribution in [3.63, 3.8) is 0 Å². The van der Waals surface area contributed by atoms with E-state index in [4.69, 9.17) is 9.47 Å². The first kappa shape index (κ1) is 19.0. The molecule has 136 valence electrons. The Labute approximate surface area is 148 Å². The molecule has 6 heteroatoms. The lowest BCUT2D eigenvalue weighted by Gasteiger charge is -2.20. The normalized spacial score (nSPS) is 12.9. The molecule has 1 heterocycles. The second-order valence-corrected chi connectivity index (χ2v) is 6.97. The topological polar surface area (TPSA) is 69.6 Å². The van der Waals surface area contributed by atoms with Gasteiger partial charge in [0.2, 0.25) is 0 Å². The molecule has 1 atom stereocenters. The van der Waals surface area contributed by atoms with Gasteiger partial charge in [-0.1, -0.05) is 18.2 Å². The van der Waals surface area contributed by atoms with E-state index in [-0.39, 0.29) is 5.97 Å². The summed E-state index contributed by atoms with van der Waals surface area (Å²) in [6.07, 6.45) is -0.00257. The minimum absolute atomic E-state index is 0.337. The second-order valence-electron chi connectivity index (χ2n) is 6.97. The summed E-state index contributed by atoms with van der Waals surface area (Å²) in [6.45, 7) is 7.37. The van der Waals surface area contributed by atoms with E-state index in [0.717, 1.165) is 22.2 Å². The van der Waals surface area contributed by atoms with Crippen LogP contribution in [0.1, 0.15) is 32.0 Å². The van der Waals surface area contributed by atoms with Crippen LogP contribution in [-0.2, 0) is 20.7 Å². The highest BCUT2D eigenvalue weighted by Gasteiger charge is 2.26. The number of hydrogen-bond acceptors (Lipinski definition) is 5. The average Bonchev–Trinajstić information content (AvgIpc) is 2.82. The van der Waals surface area contributed by atoms with Gasteiger partial charge in [0.25, 0.3) is 0 Å². The number of carbonyl (C=O) groups excluding carboxylic acids is 2. The van der Waals surface area contributed by atoms with Crippen LogP contribution in [0.3, 0.4) is 0 Å². The smallest absolute Gasteiger partial charge is 0.419 e. The van der Waals surface area contributed by atoms with Crippen LogP contribution in [0.15, 0.2) is 24.3 Å². The number of nitrogens with one attached hydrogen (secondary N) is 1. The highest BCUT2D eigenvalue weighted by atomic mass is 16.6. The molecule has 1 aromatic heterocycles. The van der Waals surface area contributed by atoms with Crippen LogP contribution < -0.4 is 5.32 Å². The van der Waals surface area contributed by atoms with Gasteiger partial charge in [-0.05, 0) is 46.4 Å². The van der Waals surface area contributed by atoms with Crippen molar-refractivity contribution in [2.24, 2.45) is 0 Å². The number of nitrogens with zero attached hydrogens (tertiary/aromatic N) is 1. The standard InChI is InChI=1S/C19H26N2O4/c1-12-14(11-15(20-5)17(22)24-6)13-9-7-8-10-16(13)21(12)18(23)25-19(2,3)4/h7-10,15,20H,11H2,1-6H3. The van der Waals surface area contributed by atoms with Crippen molar-refractivity contribution < 1.29 is 19.1 Å². The number of benzene rings is 1. The lowest BCUT2D eigenvalue weighted by molar-refractivity contribution is -0.142. The number of methoxy groups -OCH3 is 1. The quantitative estimate of drug-likeness (QED) is 0.862. The van der Waals surface area contributed by atoms with Crippen LogP contribution in [0.2, 0.25) is 0 Å². The van der Waals surface area contributed by atoms with Crippen molar-refractivity contribution in [3.05, 3.63) is 35.5 Å². The molecule has 25 heavy (non-hydrogen) atoms. The molecule has 6 nitrogen and oxygen atoms in total. The molecule has 0 saturated carbocycles. The molecule has 0 saturated heterocycles. The van der Waals surface area contributed by atoms with Crippen LogP contribution in [0.5, 0.6) is 0 Å². The van der Waals surface area contributed by atoms with Crippen molar-refractivity contribution >= 4 is 23.0 Å². The predicted molar refractivity (Wildman–Crippen MR) is 96.9 cm³/mol. The van der Waals surface area contributed by atoms with Gasteiger partial charge >= 0.3 is 12.1 Å². The molecule has 0 amide bonds. The van der Waals surface area contributed by atoms with Gasteiger partial charge in [-0.25, -0.2) is 9.36 Å². The average molecular weight is 346 g/mol. The summed E-state index contributed by atoms with van der Waals surface area (Å²) in [5, 5.41) is 3.90. The molecular formula is C19H26N2O4. The zero-order chi connectivity index (χ0) is 18.8. The Morgan fingerprint density at radius 3 is 2.44 bits per heavy atom. The Kier molecular flexibility index (Phi) is 5.52. The van der Waals surface area contributed by atoms with E-state index in [9.17, 15) is 9.59 Å². The highest BCUT2D eigenvalue weighted by molar-refractivity contribution is 5.94. The maximum atomic E-state index is 12.7. The zero-order valence-corrected chi connectivity index (χ0v) is 15.7. The minimum Gasteiger partial charge on any atom is -0.468 e. The van der Waals surface area contributed by atoms with Gasteiger partial charge in [-0.15, -0.1) is 0 Å². The fourth-order valence-electron chi connectivity index (χ4n) is 2.88. The van der Waals surface area contributed by atoms with Crippen LogP contribution in [0.25, 0.3) is 10.9 Å². The number of para-hydroxylation sites is 1. The number of rotatable bonds is 4. The van der Waals surface area contributed by atoms with E-state index in [1.54, 1.807) is 11.6 Å². The van der Waals surface area contributed by atoms with Crippen LogP contribution >= 0.6 is 0 Å². The molecule has 1 unspecified atom stereocenters. The van der Waals surface area contributed by atoms with Gasteiger partial charge < -0.3 is 14.8 Å². The maximum absolute atomic E-state index is 12.7. The Morgan fingerprint density at radius 2 is 1.88 bits per heavy atom. The molecule has 0 aliphatic heterocycles. The number of carbonyl (C=O) groups is 2. The number of hydrogen-bond donors (Lipinski definition) is 1. The van der Waals surface area contributed by atoms with E-state index in [1.807, 2.05) is 52.0 Å². The first-order valence-electron chi connectivity index (χ1n) is 8.27. The molecule has 0 fully saturated rings. The van der Waals surface area contributed by atoms with Gasteiger partial charge in [0.1, 0.15) is 11.6 Å². The predicted octanol–water partition coefficient (Wildman–Crippen LogP) is 3.04. The molecule has 0 radical (unpaired) electrons. The summed E-state index contributed by atoms with van der Waals surface area (Å²) in [5.74, 6) is -0.337. The molecule has 1 aromatic carbocycles. The van der Waals surface area contributed by atoms with Gasteiger partial charge in [0, 0.05) is 17.5 Å². The van der Waals surface area contributed by atoms with Gasteiger partial charge in [0.15, 0.2) is 0 Å². The summed E-state index contributed by atoms with van der Waals surface area (Å²) in [7, 11) is 3.08. The number of esters is 1. The van der Waals surface area contributed by atoms with E-state index in [1.165, 1.54) is 7.11 Å². The largest absolute Gasteiger partial charge is 0.468 e. The van der Waals surface area contributed by atoms with Crippen molar-refractivity contribution in [2.75, 3.05) is 14.2 Å².